The number of nitrogens with zero attached hydrogens (tertiary/aromatic N) is 1. The van der Waals surface area contributed by atoms with E-state index in [4.69, 9.17) is 16.3 Å². The molecule has 0 aromatic heterocycles. The molecule has 2 amide bonds. The molecule has 10 heteroatoms. The van der Waals surface area contributed by atoms with Crippen LogP contribution in [0.4, 0.5) is 11.4 Å². The van der Waals surface area contributed by atoms with Crippen molar-refractivity contribution in [3.8, 4) is 5.75 Å². The van der Waals surface area contributed by atoms with Crippen molar-refractivity contribution in [2.24, 2.45) is 0 Å². The Bertz CT molecular complexity index is 1130. The summed E-state index contributed by atoms with van der Waals surface area (Å²) < 4.78 is 31.4. The Kier molecular flexibility index (Phi) is 6.20. The van der Waals surface area contributed by atoms with Crippen molar-refractivity contribution in [1.82, 2.24) is 5.32 Å². The molecular formula is C21H24ClN3O5S. The maximum atomic E-state index is 13.0. The molecule has 1 aliphatic rings. The Hall–Kier alpha value is -2.78. The SMILES string of the molecule is CC(C)(C)NC(=O)c1ccccc1NC(=O)[C@H]1CN(S(C)(=O)=O)c2cc(Cl)ccc2O1. The quantitative estimate of drug-likeness (QED) is 0.722. The molecule has 2 aromatic rings. The second-order valence-corrected chi connectivity index (χ2v) is 10.6. The smallest absolute Gasteiger partial charge is 0.267 e. The molecule has 2 N–H and O–H groups in total. The van der Waals surface area contributed by atoms with Crippen LogP contribution in [0.25, 0.3) is 0 Å². The van der Waals surface area contributed by atoms with Crippen molar-refractivity contribution >= 4 is 44.8 Å². The lowest BCUT2D eigenvalue weighted by atomic mass is 10.1. The number of carbonyl (C=O) groups excluding carboxylic acids is 2. The molecule has 1 aliphatic heterocycles. The van der Waals surface area contributed by atoms with Gasteiger partial charge in [-0.3, -0.25) is 13.9 Å². The summed E-state index contributed by atoms with van der Waals surface area (Å²) in [5.74, 6) is -0.698. The van der Waals surface area contributed by atoms with Crippen LogP contribution in [0, 0.1) is 0 Å². The lowest BCUT2D eigenvalue weighted by Gasteiger charge is -2.34. The Balaban J connectivity index is 1.87. The molecule has 0 fully saturated rings. The first-order chi connectivity index (χ1) is 14.3. The number of benzene rings is 2. The molecule has 0 unspecified atom stereocenters. The van der Waals surface area contributed by atoms with E-state index in [2.05, 4.69) is 10.6 Å². The van der Waals surface area contributed by atoms with Gasteiger partial charge in [-0.2, -0.15) is 0 Å². The van der Waals surface area contributed by atoms with Gasteiger partial charge in [-0.25, -0.2) is 8.42 Å². The summed E-state index contributed by atoms with van der Waals surface area (Å²) >= 11 is 6.00. The van der Waals surface area contributed by atoms with Gasteiger partial charge in [-0.1, -0.05) is 23.7 Å². The van der Waals surface area contributed by atoms with Crippen LogP contribution >= 0.6 is 11.6 Å². The molecule has 8 nitrogen and oxygen atoms in total. The molecular weight excluding hydrogens is 442 g/mol. The Morgan fingerprint density at radius 1 is 1.16 bits per heavy atom. The van der Waals surface area contributed by atoms with Crippen LogP contribution in [0.3, 0.4) is 0 Å². The monoisotopic (exact) mass is 465 g/mol. The predicted molar refractivity (Wildman–Crippen MR) is 120 cm³/mol. The number of amides is 2. The Morgan fingerprint density at radius 3 is 2.48 bits per heavy atom. The zero-order valence-electron chi connectivity index (χ0n) is 17.6. The van der Waals surface area contributed by atoms with E-state index in [-0.39, 0.29) is 29.5 Å². The second kappa shape index (κ2) is 8.39. The van der Waals surface area contributed by atoms with Gasteiger partial charge in [0.15, 0.2) is 6.10 Å². The molecule has 31 heavy (non-hydrogen) atoms. The van der Waals surface area contributed by atoms with Gasteiger partial charge < -0.3 is 15.4 Å². The largest absolute Gasteiger partial charge is 0.476 e. The summed E-state index contributed by atoms with van der Waals surface area (Å²) in [4.78, 5) is 25.6. The molecule has 0 saturated carbocycles. The van der Waals surface area contributed by atoms with Crippen LogP contribution in [-0.2, 0) is 14.8 Å². The number of nitrogens with one attached hydrogen (secondary N) is 2. The normalized spacial score (nSPS) is 16.2. The van der Waals surface area contributed by atoms with Gasteiger partial charge in [0.25, 0.3) is 11.8 Å². The van der Waals surface area contributed by atoms with Crippen LogP contribution in [0.15, 0.2) is 42.5 Å². The first-order valence-corrected chi connectivity index (χ1v) is 11.7. The van der Waals surface area contributed by atoms with Crippen molar-refractivity contribution in [3.63, 3.8) is 0 Å². The molecule has 0 spiro atoms. The van der Waals surface area contributed by atoms with E-state index in [0.29, 0.717) is 10.7 Å². The van der Waals surface area contributed by atoms with Crippen molar-refractivity contribution in [2.45, 2.75) is 32.4 Å². The lowest BCUT2D eigenvalue weighted by Crippen LogP contribution is -2.48. The summed E-state index contributed by atoms with van der Waals surface area (Å²) in [6.07, 6.45) is -0.0773. The summed E-state index contributed by atoms with van der Waals surface area (Å²) in [7, 11) is -3.69. The molecule has 2 aromatic carbocycles. The maximum Gasteiger partial charge on any atom is 0.267 e. The van der Waals surface area contributed by atoms with Gasteiger partial charge in [0.2, 0.25) is 10.0 Å². The number of rotatable bonds is 4. The number of hydrogen-bond donors (Lipinski definition) is 2. The third-order valence-electron chi connectivity index (χ3n) is 4.40. The number of hydrogen-bond acceptors (Lipinski definition) is 5. The molecule has 0 aliphatic carbocycles. The van der Waals surface area contributed by atoms with Crippen LogP contribution in [0.1, 0.15) is 31.1 Å². The topological polar surface area (TPSA) is 105 Å². The number of anilines is 2. The Morgan fingerprint density at radius 2 is 1.84 bits per heavy atom. The first-order valence-electron chi connectivity index (χ1n) is 9.51. The van der Waals surface area contributed by atoms with Crippen LogP contribution < -0.4 is 19.7 Å². The van der Waals surface area contributed by atoms with E-state index in [9.17, 15) is 18.0 Å². The van der Waals surface area contributed by atoms with E-state index in [1.165, 1.54) is 12.1 Å². The third-order valence-corrected chi connectivity index (χ3v) is 5.78. The lowest BCUT2D eigenvalue weighted by molar-refractivity contribution is -0.122. The van der Waals surface area contributed by atoms with Crippen LogP contribution in [0.5, 0.6) is 5.75 Å². The van der Waals surface area contributed by atoms with Crippen molar-refractivity contribution in [3.05, 3.63) is 53.1 Å². The highest BCUT2D eigenvalue weighted by atomic mass is 35.5. The molecule has 3 rings (SSSR count). The fourth-order valence-electron chi connectivity index (χ4n) is 3.09. The maximum absolute atomic E-state index is 13.0. The van der Waals surface area contributed by atoms with E-state index >= 15 is 0 Å². The number of halogens is 1. The number of para-hydroxylation sites is 1. The summed E-state index contributed by atoms with van der Waals surface area (Å²) in [6.45, 7) is 5.33. The van der Waals surface area contributed by atoms with Crippen molar-refractivity contribution in [2.75, 3.05) is 22.4 Å². The minimum absolute atomic E-state index is 0.222. The van der Waals surface area contributed by atoms with Gasteiger partial charge in [-0.15, -0.1) is 0 Å². The van der Waals surface area contributed by atoms with Gasteiger partial charge in [0.05, 0.1) is 29.7 Å². The highest BCUT2D eigenvalue weighted by Gasteiger charge is 2.35. The van der Waals surface area contributed by atoms with Gasteiger partial charge in [0.1, 0.15) is 5.75 Å². The van der Waals surface area contributed by atoms with E-state index < -0.39 is 27.6 Å². The zero-order chi connectivity index (χ0) is 23.0. The van der Waals surface area contributed by atoms with Crippen molar-refractivity contribution in [1.29, 1.82) is 0 Å². The van der Waals surface area contributed by atoms with E-state index in [1.807, 2.05) is 20.8 Å². The Labute approximate surface area is 186 Å². The number of ether oxygens (including phenoxy) is 1. The molecule has 0 bridgehead atoms. The molecule has 166 valence electrons. The molecule has 1 heterocycles. The average Bonchev–Trinajstić information content (AvgIpc) is 2.65. The second-order valence-electron chi connectivity index (χ2n) is 8.25. The predicted octanol–water partition coefficient (Wildman–Crippen LogP) is 3.03. The summed E-state index contributed by atoms with van der Waals surface area (Å²) in [5, 5.41) is 5.89. The standard InChI is InChI=1S/C21H24ClN3O5S/c1-21(2,3)24-19(26)14-7-5-6-8-15(14)23-20(27)18-12-25(31(4,28)29)16-11-13(22)9-10-17(16)30-18/h5-11,18H,12H2,1-4H3,(H,23,27)(H,24,26)/t18-/m1/s1. The minimum Gasteiger partial charge on any atom is -0.476 e. The molecule has 0 radical (unpaired) electrons. The highest BCUT2D eigenvalue weighted by molar-refractivity contribution is 7.92. The van der Waals surface area contributed by atoms with Crippen molar-refractivity contribution < 1.29 is 22.7 Å². The minimum atomic E-state index is -3.69. The fraction of sp³-hybridized carbons (Fsp3) is 0.333. The summed E-state index contributed by atoms with van der Waals surface area (Å²) in [5.41, 5.74) is 0.394. The van der Waals surface area contributed by atoms with Crippen LogP contribution in [-0.4, -0.2) is 44.7 Å². The fourth-order valence-corrected chi connectivity index (χ4v) is 4.16. The first kappa shape index (κ1) is 22.9. The van der Waals surface area contributed by atoms with Gasteiger partial charge in [-0.05, 0) is 51.1 Å². The van der Waals surface area contributed by atoms with Gasteiger partial charge >= 0.3 is 0 Å². The third kappa shape index (κ3) is 5.48. The van der Waals surface area contributed by atoms with E-state index in [0.717, 1.165) is 10.6 Å². The highest BCUT2D eigenvalue weighted by Crippen LogP contribution is 2.37. The zero-order valence-corrected chi connectivity index (χ0v) is 19.2. The number of sulfonamides is 1. The number of carbonyl (C=O) groups is 2. The molecule has 1 atom stereocenters. The van der Waals surface area contributed by atoms with E-state index in [1.54, 1.807) is 30.3 Å². The average molecular weight is 466 g/mol. The van der Waals surface area contributed by atoms with Crippen LogP contribution in [0.2, 0.25) is 5.02 Å². The summed E-state index contributed by atoms with van der Waals surface area (Å²) in [6, 6.07) is 11.1. The van der Waals surface area contributed by atoms with Gasteiger partial charge in [0, 0.05) is 10.6 Å². The number of fused-ring (bicyclic) bond motifs is 1. The molecule has 0 saturated heterocycles.